The van der Waals surface area contributed by atoms with Gasteiger partial charge in [0.2, 0.25) is 0 Å². The average Bonchev–Trinajstić information content (AvgIpc) is 2.78. The van der Waals surface area contributed by atoms with E-state index in [1.807, 2.05) is 0 Å². The Balaban J connectivity index is 2.23. The summed E-state index contributed by atoms with van der Waals surface area (Å²) in [6, 6.07) is 4.53. The molecule has 0 atom stereocenters. The van der Waals surface area contributed by atoms with Gasteiger partial charge in [0, 0.05) is 13.1 Å². The average molecular weight is 277 g/mol. The Kier molecular flexibility index (Phi) is 3.46. The van der Waals surface area contributed by atoms with E-state index in [1.54, 1.807) is 6.07 Å². The van der Waals surface area contributed by atoms with Crippen molar-refractivity contribution in [2.24, 2.45) is 0 Å². The molecule has 1 heterocycles. The maximum absolute atomic E-state index is 11.9. The van der Waals surface area contributed by atoms with Crippen LogP contribution < -0.4 is 4.72 Å². The Hall–Kier alpha value is -0.980. The summed E-state index contributed by atoms with van der Waals surface area (Å²) in [5.74, 6) is -0.253. The van der Waals surface area contributed by atoms with Crippen LogP contribution in [0, 0.1) is 0 Å². The lowest BCUT2D eigenvalue weighted by Gasteiger charge is -2.17. The van der Waals surface area contributed by atoms with Crippen molar-refractivity contribution >= 4 is 27.5 Å². The van der Waals surface area contributed by atoms with Crippen LogP contribution in [0.2, 0.25) is 5.02 Å². The van der Waals surface area contributed by atoms with Gasteiger partial charge in [-0.05, 0) is 25.0 Å². The molecule has 0 spiro atoms. The van der Waals surface area contributed by atoms with Crippen LogP contribution in [0.25, 0.3) is 0 Å². The molecule has 1 aliphatic heterocycles. The molecule has 0 saturated carbocycles. The molecule has 0 amide bonds. The van der Waals surface area contributed by atoms with Gasteiger partial charge in [-0.2, -0.15) is 12.7 Å². The van der Waals surface area contributed by atoms with Gasteiger partial charge in [-0.15, -0.1) is 0 Å². The van der Waals surface area contributed by atoms with Crippen molar-refractivity contribution in [3.05, 3.63) is 23.2 Å². The molecule has 0 aliphatic carbocycles. The molecule has 1 saturated heterocycles. The minimum atomic E-state index is -3.59. The van der Waals surface area contributed by atoms with Crippen molar-refractivity contribution in [3.63, 3.8) is 0 Å². The number of halogens is 1. The molecule has 94 valence electrons. The Morgan fingerprint density at radius 3 is 2.59 bits per heavy atom. The normalized spacial score (nSPS) is 17.2. The number of benzene rings is 1. The van der Waals surface area contributed by atoms with Crippen molar-refractivity contribution in [3.8, 4) is 5.75 Å². The highest BCUT2D eigenvalue weighted by Crippen LogP contribution is 2.32. The summed E-state index contributed by atoms with van der Waals surface area (Å²) in [4.78, 5) is 0. The van der Waals surface area contributed by atoms with Crippen molar-refractivity contribution in [1.29, 1.82) is 0 Å². The molecule has 1 fully saturated rings. The fourth-order valence-corrected chi connectivity index (χ4v) is 3.21. The first-order chi connectivity index (χ1) is 8.00. The highest BCUT2D eigenvalue weighted by atomic mass is 35.5. The summed E-state index contributed by atoms with van der Waals surface area (Å²) >= 11 is 5.70. The zero-order chi connectivity index (χ0) is 12.5. The minimum absolute atomic E-state index is 0.101. The SMILES string of the molecule is O=S(=O)(Nc1cccc(Cl)c1O)N1CCCC1. The zero-order valence-electron chi connectivity index (χ0n) is 9.06. The van der Waals surface area contributed by atoms with Crippen LogP contribution in [0.1, 0.15) is 12.8 Å². The van der Waals surface area contributed by atoms with E-state index in [9.17, 15) is 13.5 Å². The highest BCUT2D eigenvalue weighted by molar-refractivity contribution is 7.90. The van der Waals surface area contributed by atoms with Gasteiger partial charge in [-0.25, -0.2) is 0 Å². The molecular formula is C10H13ClN2O3S. The number of phenolic OH excluding ortho intramolecular Hbond substituents is 1. The van der Waals surface area contributed by atoms with Crippen molar-refractivity contribution in [2.75, 3.05) is 17.8 Å². The fourth-order valence-electron chi connectivity index (χ4n) is 1.73. The Bertz CT molecular complexity index is 512. The summed E-state index contributed by atoms with van der Waals surface area (Å²) in [6.07, 6.45) is 1.73. The number of nitrogens with zero attached hydrogens (tertiary/aromatic N) is 1. The van der Waals surface area contributed by atoms with E-state index in [-0.39, 0.29) is 16.5 Å². The molecule has 1 aromatic rings. The van der Waals surface area contributed by atoms with Gasteiger partial charge >= 0.3 is 10.2 Å². The molecule has 17 heavy (non-hydrogen) atoms. The second-order valence-electron chi connectivity index (χ2n) is 3.85. The van der Waals surface area contributed by atoms with Crippen LogP contribution in [-0.4, -0.2) is 30.9 Å². The van der Waals surface area contributed by atoms with Gasteiger partial charge in [0.05, 0.1) is 10.7 Å². The molecule has 0 unspecified atom stereocenters. The second kappa shape index (κ2) is 4.72. The van der Waals surface area contributed by atoms with E-state index in [4.69, 9.17) is 11.6 Å². The molecule has 7 heteroatoms. The third-order valence-corrected chi connectivity index (χ3v) is 4.46. The number of para-hydroxylation sites is 1. The van der Waals surface area contributed by atoms with Gasteiger partial charge in [0.1, 0.15) is 0 Å². The van der Waals surface area contributed by atoms with Crippen LogP contribution in [0.4, 0.5) is 5.69 Å². The van der Waals surface area contributed by atoms with Gasteiger partial charge in [0.15, 0.2) is 5.75 Å². The van der Waals surface area contributed by atoms with E-state index in [1.165, 1.54) is 16.4 Å². The molecule has 1 aliphatic rings. The highest BCUT2D eigenvalue weighted by Gasteiger charge is 2.26. The van der Waals surface area contributed by atoms with E-state index >= 15 is 0 Å². The second-order valence-corrected chi connectivity index (χ2v) is 5.93. The van der Waals surface area contributed by atoms with Crippen molar-refractivity contribution < 1.29 is 13.5 Å². The number of nitrogens with one attached hydrogen (secondary N) is 1. The molecule has 5 nitrogen and oxygen atoms in total. The molecule has 0 bridgehead atoms. The summed E-state index contributed by atoms with van der Waals surface area (Å²) in [5.41, 5.74) is 0.101. The van der Waals surface area contributed by atoms with E-state index in [0.29, 0.717) is 13.1 Å². The first-order valence-corrected chi connectivity index (χ1v) is 7.08. The molecule has 1 aromatic carbocycles. The van der Waals surface area contributed by atoms with E-state index in [0.717, 1.165) is 12.8 Å². The zero-order valence-corrected chi connectivity index (χ0v) is 10.6. The lowest BCUT2D eigenvalue weighted by atomic mass is 10.3. The number of hydrogen-bond donors (Lipinski definition) is 2. The predicted molar refractivity (Wildman–Crippen MR) is 66.5 cm³/mol. The Morgan fingerprint density at radius 1 is 1.29 bits per heavy atom. The number of phenols is 1. The maximum atomic E-state index is 11.9. The van der Waals surface area contributed by atoms with Gasteiger partial charge in [-0.1, -0.05) is 17.7 Å². The van der Waals surface area contributed by atoms with Gasteiger partial charge in [0.25, 0.3) is 0 Å². The third kappa shape index (κ3) is 2.65. The van der Waals surface area contributed by atoms with E-state index in [2.05, 4.69) is 4.72 Å². The van der Waals surface area contributed by atoms with Gasteiger partial charge in [-0.3, -0.25) is 4.72 Å². The standard InChI is InChI=1S/C10H13ClN2O3S/c11-8-4-3-5-9(10(8)14)12-17(15,16)13-6-1-2-7-13/h3-5,12,14H,1-2,6-7H2. The largest absolute Gasteiger partial charge is 0.504 e. The predicted octanol–water partition coefficient (Wildman–Crippen LogP) is 1.80. The summed E-state index contributed by atoms with van der Waals surface area (Å²) in [7, 11) is -3.59. The van der Waals surface area contributed by atoms with Gasteiger partial charge < -0.3 is 5.11 Å². The van der Waals surface area contributed by atoms with Crippen LogP contribution in [0.15, 0.2) is 18.2 Å². The topological polar surface area (TPSA) is 69.6 Å². The van der Waals surface area contributed by atoms with Crippen LogP contribution in [0.3, 0.4) is 0 Å². The third-order valence-electron chi connectivity index (χ3n) is 2.63. The van der Waals surface area contributed by atoms with Crippen LogP contribution >= 0.6 is 11.6 Å². The quantitative estimate of drug-likeness (QED) is 0.827. The molecule has 2 rings (SSSR count). The first kappa shape index (κ1) is 12.5. The molecular weight excluding hydrogens is 264 g/mol. The van der Waals surface area contributed by atoms with E-state index < -0.39 is 10.2 Å². The first-order valence-electron chi connectivity index (χ1n) is 5.26. The number of aromatic hydroxyl groups is 1. The Morgan fingerprint density at radius 2 is 1.94 bits per heavy atom. The lowest BCUT2D eigenvalue weighted by molar-refractivity contribution is 0.473. The molecule has 0 aromatic heterocycles. The number of anilines is 1. The maximum Gasteiger partial charge on any atom is 0.301 e. The summed E-state index contributed by atoms with van der Waals surface area (Å²) in [6.45, 7) is 1.02. The van der Waals surface area contributed by atoms with Crippen molar-refractivity contribution in [1.82, 2.24) is 4.31 Å². The van der Waals surface area contributed by atoms with Crippen LogP contribution in [-0.2, 0) is 10.2 Å². The molecule has 2 N–H and O–H groups in total. The molecule has 0 radical (unpaired) electrons. The lowest BCUT2D eigenvalue weighted by Crippen LogP contribution is -2.33. The Labute approximate surface area is 105 Å². The number of rotatable bonds is 3. The smallest absolute Gasteiger partial charge is 0.301 e. The monoisotopic (exact) mass is 276 g/mol. The number of hydrogen-bond acceptors (Lipinski definition) is 3. The minimum Gasteiger partial charge on any atom is -0.504 e. The van der Waals surface area contributed by atoms with Crippen LogP contribution in [0.5, 0.6) is 5.75 Å². The van der Waals surface area contributed by atoms with Crippen molar-refractivity contribution in [2.45, 2.75) is 12.8 Å². The fraction of sp³-hybridized carbons (Fsp3) is 0.400. The summed E-state index contributed by atoms with van der Waals surface area (Å²) in [5, 5.41) is 9.74. The summed E-state index contributed by atoms with van der Waals surface area (Å²) < 4.78 is 27.5.